The fourth-order valence-electron chi connectivity index (χ4n) is 4.14. The normalized spacial score (nSPS) is 11.6. The van der Waals surface area contributed by atoms with E-state index in [9.17, 15) is 9.59 Å². The van der Waals surface area contributed by atoms with Crippen molar-refractivity contribution in [3.05, 3.63) is 66.1 Å². The van der Waals surface area contributed by atoms with E-state index in [4.69, 9.17) is 9.47 Å². The van der Waals surface area contributed by atoms with Crippen LogP contribution in [-0.4, -0.2) is 33.8 Å². The van der Waals surface area contributed by atoms with E-state index in [0.29, 0.717) is 11.3 Å². The summed E-state index contributed by atoms with van der Waals surface area (Å²) in [5.74, 6) is -0.418. The third-order valence-electron chi connectivity index (χ3n) is 5.59. The number of esters is 1. The lowest BCUT2D eigenvalue weighted by atomic mass is 9.98. The van der Waals surface area contributed by atoms with Crippen LogP contribution in [0.15, 0.2) is 54.9 Å². The molecule has 2 aromatic heterocycles. The molecule has 0 fully saturated rings. The van der Waals surface area contributed by atoms with Gasteiger partial charge >= 0.3 is 12.1 Å². The number of aromatic nitrogens is 2. The van der Waals surface area contributed by atoms with Gasteiger partial charge in [-0.15, -0.1) is 0 Å². The van der Waals surface area contributed by atoms with Crippen molar-refractivity contribution < 1.29 is 19.1 Å². The standard InChI is InChI=1S/C27H29N3O4/c1-6-33-25(31)24-21-11-10-17(19-9-7-8-18-15-28-13-12-20(18)19)14-22(21)30(5)23(24)16-29-26(32)34-27(2,3)4/h7-15H,6,16H2,1-5H3,(H,29,32). The molecule has 34 heavy (non-hydrogen) atoms. The fraction of sp³-hybridized carbons (Fsp3) is 0.296. The van der Waals surface area contributed by atoms with E-state index in [1.54, 1.807) is 33.9 Å². The predicted molar refractivity (Wildman–Crippen MR) is 133 cm³/mol. The van der Waals surface area contributed by atoms with Crippen molar-refractivity contribution in [3.63, 3.8) is 0 Å². The van der Waals surface area contributed by atoms with Gasteiger partial charge in [0.2, 0.25) is 0 Å². The number of carbonyl (C=O) groups excluding carboxylic acids is 2. The molecule has 7 nitrogen and oxygen atoms in total. The lowest BCUT2D eigenvalue weighted by Gasteiger charge is -2.20. The van der Waals surface area contributed by atoms with Crippen molar-refractivity contribution in [1.29, 1.82) is 0 Å². The fourth-order valence-corrected chi connectivity index (χ4v) is 4.14. The summed E-state index contributed by atoms with van der Waals surface area (Å²) in [6, 6.07) is 14.1. The number of fused-ring (bicyclic) bond motifs is 2. The number of pyridine rings is 1. The molecule has 0 atom stereocenters. The molecule has 2 aromatic carbocycles. The van der Waals surface area contributed by atoms with Crippen LogP contribution in [0.4, 0.5) is 4.79 Å². The summed E-state index contributed by atoms with van der Waals surface area (Å²) in [5, 5.41) is 5.70. The van der Waals surface area contributed by atoms with Gasteiger partial charge in [0.05, 0.1) is 24.4 Å². The Balaban J connectivity index is 1.80. The van der Waals surface area contributed by atoms with E-state index in [0.717, 1.165) is 32.8 Å². The zero-order chi connectivity index (χ0) is 24.5. The molecule has 0 aliphatic carbocycles. The smallest absolute Gasteiger partial charge is 0.407 e. The molecule has 0 bridgehead atoms. The Labute approximate surface area is 198 Å². The van der Waals surface area contributed by atoms with Crippen LogP contribution in [0.1, 0.15) is 43.7 Å². The molecule has 176 valence electrons. The van der Waals surface area contributed by atoms with E-state index >= 15 is 0 Å². The van der Waals surface area contributed by atoms with E-state index in [1.807, 2.05) is 48.1 Å². The second-order valence-electron chi connectivity index (χ2n) is 9.09. The minimum absolute atomic E-state index is 0.128. The van der Waals surface area contributed by atoms with Gasteiger partial charge in [-0.3, -0.25) is 4.98 Å². The van der Waals surface area contributed by atoms with Gasteiger partial charge in [0.1, 0.15) is 5.60 Å². The second-order valence-corrected chi connectivity index (χ2v) is 9.09. The van der Waals surface area contributed by atoms with E-state index in [2.05, 4.69) is 22.4 Å². The quantitative estimate of drug-likeness (QED) is 0.393. The van der Waals surface area contributed by atoms with Gasteiger partial charge in [0.15, 0.2) is 0 Å². The molecule has 4 aromatic rings. The summed E-state index contributed by atoms with van der Waals surface area (Å²) in [6.07, 6.45) is 3.09. The largest absolute Gasteiger partial charge is 0.462 e. The van der Waals surface area contributed by atoms with E-state index < -0.39 is 17.7 Å². The van der Waals surface area contributed by atoms with Crippen molar-refractivity contribution in [2.75, 3.05) is 6.61 Å². The van der Waals surface area contributed by atoms with E-state index in [-0.39, 0.29) is 13.2 Å². The van der Waals surface area contributed by atoms with Crippen LogP contribution in [0.5, 0.6) is 0 Å². The molecule has 0 saturated carbocycles. The third kappa shape index (κ3) is 4.59. The van der Waals surface area contributed by atoms with Crippen LogP contribution in [0, 0.1) is 0 Å². The van der Waals surface area contributed by atoms with Crippen molar-refractivity contribution in [2.45, 2.75) is 39.8 Å². The van der Waals surface area contributed by atoms with Gasteiger partial charge in [0, 0.05) is 35.7 Å². The molecule has 1 amide bonds. The van der Waals surface area contributed by atoms with Crippen molar-refractivity contribution >= 4 is 33.7 Å². The van der Waals surface area contributed by atoms with Crippen LogP contribution in [0.25, 0.3) is 32.8 Å². The van der Waals surface area contributed by atoms with Gasteiger partial charge in [0.25, 0.3) is 0 Å². The highest BCUT2D eigenvalue weighted by atomic mass is 16.6. The molecule has 0 aliphatic rings. The van der Waals surface area contributed by atoms with Crippen molar-refractivity contribution in [3.8, 4) is 11.1 Å². The molecule has 7 heteroatoms. The van der Waals surface area contributed by atoms with Crippen LogP contribution in [-0.2, 0) is 23.1 Å². The highest BCUT2D eigenvalue weighted by molar-refractivity contribution is 6.07. The van der Waals surface area contributed by atoms with Crippen LogP contribution in [0.3, 0.4) is 0 Å². The first-order chi connectivity index (χ1) is 16.2. The molecular formula is C27H29N3O4. The monoisotopic (exact) mass is 459 g/mol. The molecule has 0 aliphatic heterocycles. The Morgan fingerprint density at radius 2 is 1.88 bits per heavy atom. The van der Waals surface area contributed by atoms with Gasteiger partial charge in [-0.1, -0.05) is 30.3 Å². The van der Waals surface area contributed by atoms with Gasteiger partial charge in [-0.25, -0.2) is 9.59 Å². The summed E-state index contributed by atoms with van der Waals surface area (Å²) in [7, 11) is 1.88. The second kappa shape index (κ2) is 9.17. The molecule has 0 unspecified atom stereocenters. The Hall–Kier alpha value is -3.87. The maximum absolute atomic E-state index is 12.9. The predicted octanol–water partition coefficient (Wildman–Crippen LogP) is 5.59. The summed E-state index contributed by atoms with van der Waals surface area (Å²) in [5.41, 5.74) is 3.45. The molecule has 0 saturated heterocycles. The zero-order valence-electron chi connectivity index (χ0n) is 20.1. The Bertz CT molecular complexity index is 1380. The topological polar surface area (TPSA) is 82.5 Å². The number of aryl methyl sites for hydroxylation is 1. The lowest BCUT2D eigenvalue weighted by Crippen LogP contribution is -2.33. The molecule has 2 heterocycles. The molecular weight excluding hydrogens is 430 g/mol. The Kier molecular flexibility index (Phi) is 6.28. The number of amides is 1. The first-order valence-corrected chi connectivity index (χ1v) is 11.3. The zero-order valence-corrected chi connectivity index (χ0v) is 20.1. The number of carbonyl (C=O) groups is 2. The maximum Gasteiger partial charge on any atom is 0.407 e. The number of nitrogens with zero attached hydrogens (tertiary/aromatic N) is 2. The summed E-state index contributed by atoms with van der Waals surface area (Å²) >= 11 is 0. The Morgan fingerprint density at radius 1 is 1.09 bits per heavy atom. The molecule has 0 spiro atoms. The lowest BCUT2D eigenvalue weighted by molar-refractivity contribution is 0.0502. The number of hydrogen-bond donors (Lipinski definition) is 1. The van der Waals surface area contributed by atoms with Crippen LogP contribution >= 0.6 is 0 Å². The molecule has 0 radical (unpaired) electrons. The highest BCUT2D eigenvalue weighted by Gasteiger charge is 2.24. The van der Waals surface area contributed by atoms with Gasteiger partial charge in [-0.2, -0.15) is 0 Å². The molecule has 1 N–H and O–H groups in total. The highest BCUT2D eigenvalue weighted by Crippen LogP contribution is 2.33. The summed E-state index contributed by atoms with van der Waals surface area (Å²) < 4.78 is 12.6. The first kappa shape index (κ1) is 23.3. The number of nitrogens with one attached hydrogen (secondary N) is 1. The van der Waals surface area contributed by atoms with Crippen LogP contribution < -0.4 is 5.32 Å². The van der Waals surface area contributed by atoms with Gasteiger partial charge < -0.3 is 19.4 Å². The number of rotatable bonds is 5. The number of alkyl carbamates (subject to hydrolysis) is 1. The maximum atomic E-state index is 12.9. The van der Waals surface area contributed by atoms with E-state index in [1.165, 1.54) is 0 Å². The number of hydrogen-bond acceptors (Lipinski definition) is 5. The molecule has 4 rings (SSSR count). The Morgan fingerprint density at radius 3 is 2.62 bits per heavy atom. The summed E-state index contributed by atoms with van der Waals surface area (Å²) in [6.45, 7) is 7.57. The van der Waals surface area contributed by atoms with Gasteiger partial charge in [-0.05, 0) is 56.3 Å². The average molecular weight is 460 g/mol. The van der Waals surface area contributed by atoms with Crippen molar-refractivity contribution in [1.82, 2.24) is 14.9 Å². The summed E-state index contributed by atoms with van der Waals surface area (Å²) in [4.78, 5) is 29.4. The SMILES string of the molecule is CCOC(=O)c1c(CNC(=O)OC(C)(C)C)n(C)c2cc(-c3cccc4cnccc34)ccc12. The van der Waals surface area contributed by atoms with Crippen LogP contribution in [0.2, 0.25) is 0 Å². The first-order valence-electron chi connectivity index (χ1n) is 11.3. The number of ether oxygens (including phenoxy) is 2. The average Bonchev–Trinajstić information content (AvgIpc) is 3.07. The minimum atomic E-state index is -0.615. The number of benzene rings is 2. The minimum Gasteiger partial charge on any atom is -0.462 e. The third-order valence-corrected chi connectivity index (χ3v) is 5.59. The van der Waals surface area contributed by atoms with Crippen molar-refractivity contribution in [2.24, 2.45) is 7.05 Å².